The van der Waals surface area contributed by atoms with E-state index in [1.807, 2.05) is 38.1 Å². The van der Waals surface area contributed by atoms with Crippen molar-refractivity contribution in [2.24, 2.45) is 0 Å². The third kappa shape index (κ3) is 3.17. The number of hydrogen-bond donors (Lipinski definition) is 0. The van der Waals surface area contributed by atoms with Crippen LogP contribution < -0.4 is 4.74 Å². The van der Waals surface area contributed by atoms with E-state index in [-0.39, 0.29) is 11.7 Å². The molecule has 0 aliphatic heterocycles. The van der Waals surface area contributed by atoms with Gasteiger partial charge in [-0.1, -0.05) is 22.5 Å². The molecule has 27 heavy (non-hydrogen) atoms. The van der Waals surface area contributed by atoms with Crippen LogP contribution in [-0.4, -0.2) is 31.7 Å². The third-order valence-electron chi connectivity index (χ3n) is 4.02. The second kappa shape index (κ2) is 6.99. The van der Waals surface area contributed by atoms with E-state index >= 15 is 0 Å². The number of halogens is 1. The summed E-state index contributed by atoms with van der Waals surface area (Å²) in [6, 6.07) is 13.5. The topological polar surface area (TPSA) is 78.9 Å². The molecule has 0 aliphatic carbocycles. The largest absolute Gasteiger partial charge is 0.493 e. The number of hydrogen-bond acceptors (Lipinski definition) is 6. The quantitative estimate of drug-likeness (QED) is 0.535. The summed E-state index contributed by atoms with van der Waals surface area (Å²) < 4.78 is 25.7. The van der Waals surface area contributed by atoms with Crippen LogP contribution in [0, 0.1) is 12.7 Å². The van der Waals surface area contributed by atoms with E-state index in [0.717, 1.165) is 5.56 Å². The van der Waals surface area contributed by atoms with Crippen molar-refractivity contribution in [3.8, 4) is 34.4 Å². The van der Waals surface area contributed by atoms with Gasteiger partial charge in [0.25, 0.3) is 5.89 Å². The molecule has 4 aromatic rings. The van der Waals surface area contributed by atoms with Gasteiger partial charge in [-0.25, -0.2) is 9.07 Å². The number of para-hydroxylation sites is 1. The summed E-state index contributed by atoms with van der Waals surface area (Å²) in [4.78, 5) is 4.44. The van der Waals surface area contributed by atoms with Crippen LogP contribution in [-0.2, 0) is 0 Å². The van der Waals surface area contributed by atoms with Gasteiger partial charge in [-0.05, 0) is 50.2 Å². The fourth-order valence-electron chi connectivity index (χ4n) is 2.72. The van der Waals surface area contributed by atoms with Crippen LogP contribution in [0.1, 0.15) is 12.6 Å². The maximum absolute atomic E-state index is 13.1. The number of ether oxygens (including phenoxy) is 1. The summed E-state index contributed by atoms with van der Waals surface area (Å²) in [5, 5.41) is 12.3. The Morgan fingerprint density at radius 3 is 2.67 bits per heavy atom. The minimum absolute atomic E-state index is 0.252. The van der Waals surface area contributed by atoms with Crippen molar-refractivity contribution in [2.75, 3.05) is 6.61 Å². The van der Waals surface area contributed by atoms with Crippen molar-refractivity contribution in [3.63, 3.8) is 0 Å². The Labute approximate surface area is 154 Å². The molecule has 0 saturated heterocycles. The number of aromatic nitrogens is 5. The summed E-state index contributed by atoms with van der Waals surface area (Å²) in [5.74, 6) is 1.03. The smallest absolute Gasteiger partial charge is 0.280 e. The molecule has 2 aromatic carbocycles. The van der Waals surface area contributed by atoms with Crippen LogP contribution in [0.5, 0.6) is 5.75 Å². The summed E-state index contributed by atoms with van der Waals surface area (Å²) in [6.45, 7) is 4.28. The van der Waals surface area contributed by atoms with Crippen LogP contribution in [0.3, 0.4) is 0 Å². The molecule has 0 bridgehead atoms. The Bertz CT molecular complexity index is 1070. The van der Waals surface area contributed by atoms with Crippen LogP contribution in [0.15, 0.2) is 53.1 Å². The van der Waals surface area contributed by atoms with E-state index in [1.54, 1.807) is 16.8 Å². The summed E-state index contributed by atoms with van der Waals surface area (Å²) >= 11 is 0. The average molecular weight is 365 g/mol. The van der Waals surface area contributed by atoms with Gasteiger partial charge in [0.2, 0.25) is 5.82 Å². The molecule has 2 aromatic heterocycles. The minimum Gasteiger partial charge on any atom is -0.493 e. The molecule has 7 nitrogen and oxygen atoms in total. The van der Waals surface area contributed by atoms with Gasteiger partial charge in [0.15, 0.2) is 5.69 Å². The van der Waals surface area contributed by atoms with Gasteiger partial charge >= 0.3 is 0 Å². The predicted octanol–water partition coefficient (Wildman–Crippen LogP) is 3.83. The number of rotatable bonds is 5. The van der Waals surface area contributed by atoms with E-state index < -0.39 is 0 Å². The highest BCUT2D eigenvalue weighted by Crippen LogP contribution is 2.30. The third-order valence-corrected chi connectivity index (χ3v) is 4.02. The molecule has 0 aliphatic rings. The molecule has 0 N–H and O–H groups in total. The second-order valence-corrected chi connectivity index (χ2v) is 5.76. The summed E-state index contributed by atoms with van der Waals surface area (Å²) in [6.07, 6.45) is 0. The lowest BCUT2D eigenvalue weighted by atomic mass is 10.2. The molecular weight excluding hydrogens is 349 g/mol. The monoisotopic (exact) mass is 365 g/mol. The second-order valence-electron chi connectivity index (χ2n) is 5.76. The van der Waals surface area contributed by atoms with Crippen molar-refractivity contribution in [2.45, 2.75) is 13.8 Å². The Kier molecular flexibility index (Phi) is 4.37. The van der Waals surface area contributed by atoms with Gasteiger partial charge in [0, 0.05) is 0 Å². The van der Waals surface area contributed by atoms with Crippen LogP contribution >= 0.6 is 0 Å². The molecule has 0 unspecified atom stereocenters. The molecular formula is C19H16FN5O2. The maximum atomic E-state index is 13.1. The van der Waals surface area contributed by atoms with E-state index in [1.165, 1.54) is 12.1 Å². The average Bonchev–Trinajstić information content (AvgIpc) is 3.30. The summed E-state index contributed by atoms with van der Waals surface area (Å²) in [5.41, 5.74) is 2.59. The lowest BCUT2D eigenvalue weighted by Crippen LogP contribution is -1.99. The van der Waals surface area contributed by atoms with E-state index in [4.69, 9.17) is 9.26 Å². The van der Waals surface area contributed by atoms with Crippen LogP contribution in [0.25, 0.3) is 28.7 Å². The normalized spacial score (nSPS) is 10.9. The Balaban J connectivity index is 1.70. The molecule has 0 spiro atoms. The fraction of sp³-hybridized carbons (Fsp3) is 0.158. The zero-order chi connectivity index (χ0) is 18.8. The Hall–Kier alpha value is -3.55. The first-order chi connectivity index (χ1) is 13.2. The standard InChI is InChI=1S/C19H16FN5O2/c1-3-26-16-7-5-4-6-15(16)18-21-19(27-23-18)17-12(2)25(24-22-17)14-10-8-13(20)9-11-14/h4-11H,3H2,1-2H3. The number of benzene rings is 2. The first-order valence-electron chi connectivity index (χ1n) is 8.42. The molecule has 0 amide bonds. The minimum atomic E-state index is -0.314. The lowest BCUT2D eigenvalue weighted by Gasteiger charge is -2.05. The van der Waals surface area contributed by atoms with Gasteiger partial charge in [0.05, 0.1) is 23.6 Å². The molecule has 0 radical (unpaired) electrons. The SMILES string of the molecule is CCOc1ccccc1-c1noc(-c2nnn(-c3ccc(F)cc3)c2C)n1. The first kappa shape index (κ1) is 16.9. The van der Waals surface area contributed by atoms with E-state index in [2.05, 4.69) is 20.5 Å². The molecule has 2 heterocycles. The lowest BCUT2D eigenvalue weighted by molar-refractivity contribution is 0.341. The van der Waals surface area contributed by atoms with Crippen molar-refractivity contribution >= 4 is 0 Å². The van der Waals surface area contributed by atoms with Gasteiger partial charge in [-0.2, -0.15) is 4.98 Å². The summed E-state index contributed by atoms with van der Waals surface area (Å²) in [7, 11) is 0. The molecule has 0 saturated carbocycles. The van der Waals surface area contributed by atoms with Gasteiger partial charge in [-0.3, -0.25) is 0 Å². The van der Waals surface area contributed by atoms with Crippen molar-refractivity contribution in [1.82, 2.24) is 25.1 Å². The highest BCUT2D eigenvalue weighted by atomic mass is 19.1. The molecule has 8 heteroatoms. The molecule has 0 fully saturated rings. The predicted molar refractivity (Wildman–Crippen MR) is 96.0 cm³/mol. The van der Waals surface area contributed by atoms with E-state index in [0.29, 0.717) is 35.3 Å². The van der Waals surface area contributed by atoms with Crippen LogP contribution in [0.2, 0.25) is 0 Å². The molecule has 0 atom stereocenters. The van der Waals surface area contributed by atoms with Gasteiger partial charge in [0.1, 0.15) is 11.6 Å². The highest BCUT2D eigenvalue weighted by molar-refractivity contribution is 5.65. The molecule has 136 valence electrons. The molecule has 4 rings (SSSR count). The Morgan fingerprint density at radius 1 is 1.11 bits per heavy atom. The fourth-order valence-corrected chi connectivity index (χ4v) is 2.72. The van der Waals surface area contributed by atoms with Crippen molar-refractivity contribution in [3.05, 3.63) is 60.0 Å². The maximum Gasteiger partial charge on any atom is 0.280 e. The van der Waals surface area contributed by atoms with Crippen molar-refractivity contribution < 1.29 is 13.7 Å². The zero-order valence-electron chi connectivity index (χ0n) is 14.8. The highest BCUT2D eigenvalue weighted by Gasteiger charge is 2.20. The van der Waals surface area contributed by atoms with E-state index in [9.17, 15) is 4.39 Å². The van der Waals surface area contributed by atoms with Crippen molar-refractivity contribution in [1.29, 1.82) is 0 Å². The first-order valence-corrected chi connectivity index (χ1v) is 8.42. The Morgan fingerprint density at radius 2 is 1.89 bits per heavy atom. The zero-order valence-corrected chi connectivity index (χ0v) is 14.8. The van der Waals surface area contributed by atoms with Crippen LogP contribution in [0.4, 0.5) is 4.39 Å². The van der Waals surface area contributed by atoms with Gasteiger partial charge in [-0.15, -0.1) is 5.10 Å². The van der Waals surface area contributed by atoms with Gasteiger partial charge < -0.3 is 9.26 Å². The number of nitrogens with zero attached hydrogens (tertiary/aromatic N) is 5.